The molecular formula is C12H12ClF3O2S. The van der Waals surface area contributed by atoms with Crippen molar-refractivity contribution in [1.29, 1.82) is 0 Å². The molecule has 1 aromatic carbocycles. The monoisotopic (exact) mass is 312 g/mol. The number of carbonyl (C=O) groups is 1. The molecule has 0 heterocycles. The van der Waals surface area contributed by atoms with Crippen LogP contribution in [-0.4, -0.2) is 23.8 Å². The molecular weight excluding hydrogens is 301 g/mol. The summed E-state index contributed by atoms with van der Waals surface area (Å²) in [6.45, 7) is 2.16. The molecule has 19 heavy (non-hydrogen) atoms. The molecule has 1 rings (SSSR count). The first-order valence-electron chi connectivity index (χ1n) is 5.45. The summed E-state index contributed by atoms with van der Waals surface area (Å²) in [5.74, 6) is -0.125. The number of rotatable bonds is 6. The first-order valence-corrected chi connectivity index (χ1v) is 6.80. The number of halogens is 4. The molecule has 0 saturated heterocycles. The maximum absolute atomic E-state index is 12.4. The lowest BCUT2D eigenvalue weighted by molar-refractivity contribution is -0.116. The van der Waals surface area contributed by atoms with Crippen molar-refractivity contribution in [1.82, 2.24) is 0 Å². The number of Topliss-reactive ketones (excluding diaryl/α,β-unsaturated/α-hetero) is 1. The van der Waals surface area contributed by atoms with E-state index in [1.54, 1.807) is 6.92 Å². The minimum absolute atomic E-state index is 0.00517. The first-order chi connectivity index (χ1) is 8.85. The van der Waals surface area contributed by atoms with Crippen molar-refractivity contribution in [2.75, 3.05) is 12.5 Å². The van der Waals surface area contributed by atoms with Crippen molar-refractivity contribution in [3.63, 3.8) is 0 Å². The standard InChI is InChI=1S/C12H12ClF3O2S/c1-2-18-10-3-4-11(19-12(14,15)16)8(6-10)5-9(17)7-13/h3-4,6H,2,5,7H2,1H3. The van der Waals surface area contributed by atoms with Gasteiger partial charge in [0.15, 0.2) is 5.78 Å². The van der Waals surface area contributed by atoms with Gasteiger partial charge in [0.2, 0.25) is 0 Å². The smallest absolute Gasteiger partial charge is 0.446 e. The van der Waals surface area contributed by atoms with E-state index < -0.39 is 5.51 Å². The van der Waals surface area contributed by atoms with Gasteiger partial charge in [-0.1, -0.05) is 0 Å². The number of ketones is 1. The van der Waals surface area contributed by atoms with Gasteiger partial charge in [-0.05, 0) is 42.4 Å². The zero-order valence-electron chi connectivity index (χ0n) is 10.1. The zero-order valence-corrected chi connectivity index (χ0v) is 11.7. The van der Waals surface area contributed by atoms with Gasteiger partial charge in [0.25, 0.3) is 0 Å². The largest absolute Gasteiger partial charge is 0.494 e. The maximum Gasteiger partial charge on any atom is 0.446 e. The van der Waals surface area contributed by atoms with Gasteiger partial charge in [0.1, 0.15) is 5.75 Å². The highest BCUT2D eigenvalue weighted by Gasteiger charge is 2.30. The molecule has 0 fully saturated rings. The second-order valence-corrected chi connectivity index (χ2v) is 4.97. The molecule has 2 nitrogen and oxygen atoms in total. The van der Waals surface area contributed by atoms with Crippen molar-refractivity contribution in [2.45, 2.75) is 23.7 Å². The molecule has 0 N–H and O–H groups in total. The number of benzene rings is 1. The first kappa shape index (κ1) is 16.2. The lowest BCUT2D eigenvalue weighted by Crippen LogP contribution is -2.07. The Morgan fingerprint density at radius 1 is 1.42 bits per heavy atom. The molecule has 0 atom stereocenters. The highest BCUT2D eigenvalue weighted by Crippen LogP contribution is 2.39. The highest BCUT2D eigenvalue weighted by molar-refractivity contribution is 8.00. The van der Waals surface area contributed by atoms with Gasteiger partial charge in [-0.15, -0.1) is 11.6 Å². The third-order valence-electron chi connectivity index (χ3n) is 2.11. The average molecular weight is 313 g/mol. The molecule has 0 aliphatic heterocycles. The molecule has 0 aromatic heterocycles. The molecule has 0 unspecified atom stereocenters. The van der Waals surface area contributed by atoms with E-state index in [0.29, 0.717) is 12.4 Å². The molecule has 0 aliphatic carbocycles. The van der Waals surface area contributed by atoms with Crippen LogP contribution in [0.2, 0.25) is 0 Å². The van der Waals surface area contributed by atoms with Gasteiger partial charge in [-0.3, -0.25) is 4.79 Å². The summed E-state index contributed by atoms with van der Waals surface area (Å²) in [6, 6.07) is 4.20. The van der Waals surface area contributed by atoms with Crippen molar-refractivity contribution in [3.8, 4) is 5.75 Å². The number of hydrogen-bond donors (Lipinski definition) is 0. The van der Waals surface area contributed by atoms with Gasteiger partial charge in [0.05, 0.1) is 12.5 Å². The van der Waals surface area contributed by atoms with Gasteiger partial charge in [0, 0.05) is 11.3 Å². The van der Waals surface area contributed by atoms with Crippen LogP contribution in [0.1, 0.15) is 12.5 Å². The Morgan fingerprint density at radius 3 is 2.63 bits per heavy atom. The Balaban J connectivity index is 3.03. The Kier molecular flexibility index (Phi) is 6.00. The summed E-state index contributed by atoms with van der Waals surface area (Å²) in [6.07, 6.45) is -0.136. The summed E-state index contributed by atoms with van der Waals surface area (Å²) >= 11 is 5.13. The van der Waals surface area contributed by atoms with Crippen LogP contribution in [0.5, 0.6) is 5.75 Å². The van der Waals surface area contributed by atoms with Gasteiger partial charge in [-0.2, -0.15) is 13.2 Å². The molecule has 0 saturated carbocycles. The van der Waals surface area contributed by atoms with E-state index in [4.69, 9.17) is 16.3 Å². The highest BCUT2D eigenvalue weighted by atomic mass is 35.5. The van der Waals surface area contributed by atoms with Crippen molar-refractivity contribution < 1.29 is 22.7 Å². The van der Waals surface area contributed by atoms with Gasteiger partial charge >= 0.3 is 5.51 Å². The predicted molar refractivity (Wildman–Crippen MR) is 69.0 cm³/mol. The van der Waals surface area contributed by atoms with Crippen LogP contribution in [-0.2, 0) is 11.2 Å². The zero-order chi connectivity index (χ0) is 14.5. The van der Waals surface area contributed by atoms with Gasteiger partial charge < -0.3 is 4.74 Å². The predicted octanol–water partition coefficient (Wildman–Crippen LogP) is 4.05. The number of carbonyl (C=O) groups excluding carboxylic acids is 1. The molecule has 0 bridgehead atoms. The van der Waals surface area contributed by atoms with E-state index in [-0.39, 0.29) is 40.3 Å². The number of ether oxygens (including phenoxy) is 1. The van der Waals surface area contributed by atoms with Crippen LogP contribution in [0.25, 0.3) is 0 Å². The molecule has 0 amide bonds. The minimum Gasteiger partial charge on any atom is -0.494 e. The van der Waals surface area contributed by atoms with Crippen LogP contribution >= 0.6 is 23.4 Å². The fourth-order valence-electron chi connectivity index (χ4n) is 1.43. The second kappa shape index (κ2) is 7.05. The Bertz CT molecular complexity index is 449. The van der Waals surface area contributed by atoms with E-state index >= 15 is 0 Å². The number of hydrogen-bond acceptors (Lipinski definition) is 3. The van der Waals surface area contributed by atoms with Crippen molar-refractivity contribution in [2.24, 2.45) is 0 Å². The van der Waals surface area contributed by atoms with E-state index in [2.05, 4.69) is 0 Å². The van der Waals surface area contributed by atoms with Crippen LogP contribution in [0.4, 0.5) is 13.2 Å². The minimum atomic E-state index is -4.40. The molecule has 0 spiro atoms. The third-order valence-corrected chi connectivity index (χ3v) is 3.25. The van der Waals surface area contributed by atoms with E-state index in [9.17, 15) is 18.0 Å². The van der Waals surface area contributed by atoms with E-state index in [0.717, 1.165) is 0 Å². The Labute approximate surface area is 118 Å². The second-order valence-electron chi connectivity index (χ2n) is 3.60. The molecule has 7 heteroatoms. The van der Waals surface area contributed by atoms with Gasteiger partial charge in [-0.25, -0.2) is 0 Å². The third kappa shape index (κ3) is 5.74. The van der Waals surface area contributed by atoms with Crippen LogP contribution in [0.15, 0.2) is 23.1 Å². The molecule has 1 aromatic rings. The molecule has 0 aliphatic rings. The van der Waals surface area contributed by atoms with E-state index in [1.165, 1.54) is 18.2 Å². The van der Waals surface area contributed by atoms with Crippen LogP contribution in [0, 0.1) is 0 Å². The summed E-state index contributed by atoms with van der Waals surface area (Å²) in [5.41, 5.74) is -4.12. The maximum atomic E-state index is 12.4. The lowest BCUT2D eigenvalue weighted by atomic mass is 10.1. The summed E-state index contributed by atoms with van der Waals surface area (Å²) in [5, 5.41) is 0. The van der Waals surface area contributed by atoms with Crippen molar-refractivity contribution in [3.05, 3.63) is 23.8 Å². The number of thioether (sulfide) groups is 1. The summed E-state index contributed by atoms with van der Waals surface area (Å²) < 4.78 is 42.4. The quantitative estimate of drug-likeness (QED) is 0.585. The molecule has 0 radical (unpaired) electrons. The average Bonchev–Trinajstić information content (AvgIpc) is 2.31. The van der Waals surface area contributed by atoms with E-state index in [1.807, 2.05) is 0 Å². The van der Waals surface area contributed by atoms with Crippen LogP contribution in [0.3, 0.4) is 0 Å². The Morgan fingerprint density at radius 2 is 2.11 bits per heavy atom. The fraction of sp³-hybridized carbons (Fsp3) is 0.417. The summed E-state index contributed by atoms with van der Waals surface area (Å²) in [4.78, 5) is 11.3. The lowest BCUT2D eigenvalue weighted by Gasteiger charge is -2.12. The Hall–Kier alpha value is -0.880. The molecule has 106 valence electrons. The fourth-order valence-corrected chi connectivity index (χ4v) is 2.18. The SMILES string of the molecule is CCOc1ccc(SC(F)(F)F)c(CC(=O)CCl)c1. The van der Waals surface area contributed by atoms with Crippen LogP contribution < -0.4 is 4.74 Å². The van der Waals surface area contributed by atoms with Crippen molar-refractivity contribution >= 4 is 29.1 Å². The normalized spacial score (nSPS) is 11.4. The number of alkyl halides is 4. The summed E-state index contributed by atoms with van der Waals surface area (Å²) in [7, 11) is 0. The topological polar surface area (TPSA) is 26.3 Å².